The van der Waals surface area contributed by atoms with E-state index in [0.717, 1.165) is 38.3 Å². The van der Waals surface area contributed by atoms with E-state index in [2.05, 4.69) is 0 Å². The van der Waals surface area contributed by atoms with Crippen LogP contribution in [0.4, 0.5) is 0 Å². The normalized spacial score (nSPS) is 15.9. The topological polar surface area (TPSA) is 4.93 Å². The van der Waals surface area contributed by atoms with Gasteiger partial charge in [0.1, 0.15) is 0 Å². The molecule has 6 aromatic carbocycles. The monoisotopic (exact) mass is 429 g/mol. The Balaban J connectivity index is 1.64. The Morgan fingerprint density at radius 3 is 1.45 bits per heavy atom. The van der Waals surface area contributed by atoms with Crippen LogP contribution in [0.5, 0.6) is 0 Å². The molecular formula is C32H21N. The summed E-state index contributed by atoms with van der Waals surface area (Å²) in [6.07, 6.45) is 0. The summed E-state index contributed by atoms with van der Waals surface area (Å²) in [6, 6.07) is 16.9. The zero-order valence-corrected chi connectivity index (χ0v) is 17.3. The molecule has 0 aliphatic heterocycles. The highest BCUT2D eigenvalue weighted by atomic mass is 15.0. The summed E-state index contributed by atoms with van der Waals surface area (Å²) < 4.78 is 85.2. The fourth-order valence-electron chi connectivity index (χ4n) is 4.70. The molecule has 0 radical (unpaired) electrons. The number of hydrogen-bond donors (Lipinski definition) is 0. The van der Waals surface area contributed by atoms with Crippen LogP contribution in [0.25, 0.3) is 60.5 Å². The van der Waals surface area contributed by atoms with E-state index in [-0.39, 0.29) is 35.3 Å². The molecule has 7 aromatic rings. The van der Waals surface area contributed by atoms with Crippen molar-refractivity contribution in [2.24, 2.45) is 0 Å². The summed E-state index contributed by atoms with van der Waals surface area (Å²) in [7, 11) is 0. The molecule has 0 N–H and O–H groups in total. The van der Waals surface area contributed by atoms with E-state index in [9.17, 15) is 0 Å². The minimum atomic E-state index is -0.454. The first-order chi connectivity index (χ1) is 20.5. The molecule has 0 saturated carbocycles. The van der Waals surface area contributed by atoms with Gasteiger partial charge in [-0.05, 0) is 69.4 Å². The minimum absolute atomic E-state index is 0.105. The number of nitrogens with zero attached hydrogens (tertiary/aromatic N) is 1. The molecule has 0 spiro atoms. The molecule has 7 rings (SSSR count). The van der Waals surface area contributed by atoms with Crippen molar-refractivity contribution in [1.29, 1.82) is 0 Å². The molecular weight excluding hydrogens is 398 g/mol. The number of para-hydroxylation sites is 1. The maximum absolute atomic E-state index is 8.58. The van der Waals surface area contributed by atoms with Crippen LogP contribution in [0.1, 0.15) is 13.7 Å². The quantitative estimate of drug-likeness (QED) is 0.248. The molecule has 33 heavy (non-hydrogen) atoms. The van der Waals surface area contributed by atoms with E-state index in [1.165, 1.54) is 0 Å². The lowest BCUT2D eigenvalue weighted by Crippen LogP contribution is -1.93. The molecule has 0 amide bonds. The number of aromatic nitrogens is 1. The predicted molar refractivity (Wildman–Crippen MR) is 140 cm³/mol. The summed E-state index contributed by atoms with van der Waals surface area (Å²) in [5, 5.41) is 3.42. The number of benzene rings is 6. The van der Waals surface area contributed by atoms with Crippen molar-refractivity contribution in [3.8, 4) is 27.9 Å². The van der Waals surface area contributed by atoms with Gasteiger partial charge in [0.05, 0.1) is 24.7 Å². The molecule has 154 valence electrons. The average Bonchev–Trinajstić information content (AvgIpc) is 3.34. The van der Waals surface area contributed by atoms with Gasteiger partial charge in [0.15, 0.2) is 0 Å². The lowest BCUT2D eigenvalue weighted by Gasteiger charge is -2.10. The van der Waals surface area contributed by atoms with Crippen LogP contribution in [0, 0.1) is 0 Å². The maximum Gasteiger partial charge on any atom is 0.0629 e. The summed E-state index contributed by atoms with van der Waals surface area (Å²) in [5.41, 5.74) is 3.43. The van der Waals surface area contributed by atoms with E-state index in [0.29, 0.717) is 11.1 Å². The molecule has 0 aliphatic carbocycles. The van der Waals surface area contributed by atoms with Gasteiger partial charge in [-0.25, -0.2) is 0 Å². The van der Waals surface area contributed by atoms with Crippen LogP contribution in [0.15, 0.2) is 127 Å². The van der Waals surface area contributed by atoms with Gasteiger partial charge in [-0.15, -0.1) is 0 Å². The van der Waals surface area contributed by atoms with E-state index in [1.807, 2.05) is 71.3 Å². The van der Waals surface area contributed by atoms with Crippen molar-refractivity contribution < 1.29 is 13.7 Å². The summed E-state index contributed by atoms with van der Waals surface area (Å²) in [4.78, 5) is 0. The first-order valence-corrected chi connectivity index (χ1v) is 10.6. The third-order valence-corrected chi connectivity index (χ3v) is 6.06. The lowest BCUT2D eigenvalue weighted by atomic mass is 9.95. The van der Waals surface area contributed by atoms with Gasteiger partial charge >= 0.3 is 0 Å². The average molecular weight is 430 g/mol. The summed E-state index contributed by atoms with van der Waals surface area (Å²) >= 11 is 0. The molecule has 0 bridgehead atoms. The van der Waals surface area contributed by atoms with Gasteiger partial charge in [0, 0.05) is 16.5 Å². The van der Waals surface area contributed by atoms with Gasteiger partial charge in [0.25, 0.3) is 0 Å². The third kappa shape index (κ3) is 2.79. The molecule has 1 aromatic heterocycles. The molecule has 0 unspecified atom stereocenters. The molecule has 1 heteroatoms. The van der Waals surface area contributed by atoms with Gasteiger partial charge < -0.3 is 4.57 Å². The first kappa shape index (κ1) is 11.0. The van der Waals surface area contributed by atoms with Crippen molar-refractivity contribution in [1.82, 2.24) is 4.57 Å². The van der Waals surface area contributed by atoms with E-state index in [4.69, 9.17) is 13.7 Å². The third-order valence-electron chi connectivity index (χ3n) is 6.06. The second-order valence-electron chi connectivity index (χ2n) is 7.92. The fraction of sp³-hybridized carbons (Fsp3) is 0. The van der Waals surface area contributed by atoms with Crippen molar-refractivity contribution in [2.45, 2.75) is 0 Å². The summed E-state index contributed by atoms with van der Waals surface area (Å²) in [6.45, 7) is 0. The fourth-order valence-corrected chi connectivity index (χ4v) is 4.70. The second-order valence-corrected chi connectivity index (χ2v) is 7.92. The molecule has 1 heterocycles. The Labute approximate surface area is 206 Å². The van der Waals surface area contributed by atoms with Crippen LogP contribution in [-0.2, 0) is 0 Å². The van der Waals surface area contributed by atoms with Crippen LogP contribution in [-0.4, -0.2) is 4.57 Å². The van der Waals surface area contributed by atoms with E-state index in [1.54, 1.807) is 0 Å². The van der Waals surface area contributed by atoms with Gasteiger partial charge in [-0.1, -0.05) is 90.8 Å². The zero-order valence-electron chi connectivity index (χ0n) is 27.3. The standard InChI is InChI=1S/C32H21N/c1-4-10-22(11-5-1)26-18-24-16-17-25-19-27(23-12-6-2-7-13-23)21-30-32(25)31(24)29(20-26)33(30)28-14-8-3-9-15-28/h1-21H/i1D,2D,4D,5D,6D,7D,10D,11D,12D,13D. The van der Waals surface area contributed by atoms with Crippen LogP contribution in [0.2, 0.25) is 0 Å². The van der Waals surface area contributed by atoms with Crippen LogP contribution >= 0.6 is 0 Å². The largest absolute Gasteiger partial charge is 0.309 e. The second kappa shape index (κ2) is 7.08. The van der Waals surface area contributed by atoms with Gasteiger partial charge in [-0.2, -0.15) is 0 Å². The van der Waals surface area contributed by atoms with Crippen molar-refractivity contribution in [3.05, 3.63) is 127 Å². The Bertz CT molecular complexity index is 2090. The highest BCUT2D eigenvalue weighted by Crippen LogP contribution is 2.42. The predicted octanol–water partition coefficient (Wildman–Crippen LogP) is 8.71. The SMILES string of the molecule is [2H]c1c([2H])c([2H])c(-c2cc3ccc4cc(-c5c([2H])c([2H])c([2H])c([2H])c5[2H])cc5c4c3c(c2)n5-c2ccccc2)c([2H])c1[2H]. The van der Waals surface area contributed by atoms with E-state index >= 15 is 0 Å². The smallest absolute Gasteiger partial charge is 0.0629 e. The Kier molecular flexibility index (Phi) is 2.36. The van der Waals surface area contributed by atoms with Gasteiger partial charge in [0.2, 0.25) is 0 Å². The molecule has 0 aliphatic rings. The van der Waals surface area contributed by atoms with Crippen LogP contribution in [0.3, 0.4) is 0 Å². The highest BCUT2D eigenvalue weighted by molar-refractivity contribution is 6.25. The van der Waals surface area contributed by atoms with E-state index < -0.39 is 36.3 Å². The molecule has 1 nitrogen and oxygen atoms in total. The maximum atomic E-state index is 8.58. The minimum Gasteiger partial charge on any atom is -0.309 e. The Morgan fingerprint density at radius 1 is 0.485 bits per heavy atom. The first-order valence-electron chi connectivity index (χ1n) is 15.6. The Morgan fingerprint density at radius 2 is 0.970 bits per heavy atom. The molecule has 0 atom stereocenters. The number of hydrogen-bond acceptors (Lipinski definition) is 0. The number of rotatable bonds is 3. The van der Waals surface area contributed by atoms with Crippen molar-refractivity contribution in [3.63, 3.8) is 0 Å². The Hall–Kier alpha value is -4.36. The highest BCUT2D eigenvalue weighted by Gasteiger charge is 2.19. The van der Waals surface area contributed by atoms with Crippen molar-refractivity contribution in [2.75, 3.05) is 0 Å². The summed E-state index contributed by atoms with van der Waals surface area (Å²) in [5.74, 6) is 0. The zero-order chi connectivity index (χ0) is 30.5. The molecule has 0 fully saturated rings. The van der Waals surface area contributed by atoms with Crippen molar-refractivity contribution >= 4 is 32.6 Å². The molecule has 0 saturated heterocycles. The lowest BCUT2D eigenvalue weighted by molar-refractivity contribution is 1.18. The van der Waals surface area contributed by atoms with Crippen LogP contribution < -0.4 is 0 Å². The van der Waals surface area contributed by atoms with Gasteiger partial charge in [-0.3, -0.25) is 0 Å².